The molecule has 2 heterocycles. The first-order chi connectivity index (χ1) is 12.8. The first-order valence-corrected chi connectivity index (χ1v) is 9.67. The van der Waals surface area contributed by atoms with Crippen molar-refractivity contribution in [1.29, 1.82) is 0 Å². The maximum atomic E-state index is 13.1. The largest absolute Gasteiger partial charge is 0.342 e. The van der Waals surface area contributed by atoms with Crippen LogP contribution in [-0.2, 0) is 11.2 Å². The monoisotopic (exact) mass is 349 g/mol. The molecule has 2 fully saturated rings. The number of hydrazine groups is 1. The number of hydrogen-bond acceptors (Lipinski definition) is 3. The van der Waals surface area contributed by atoms with Gasteiger partial charge in [0.25, 0.3) is 0 Å². The van der Waals surface area contributed by atoms with Crippen molar-refractivity contribution in [3.8, 4) is 0 Å². The quantitative estimate of drug-likeness (QED) is 0.892. The summed E-state index contributed by atoms with van der Waals surface area (Å²) in [6, 6.07) is 21.0. The third-order valence-electron chi connectivity index (χ3n) is 5.75. The van der Waals surface area contributed by atoms with Crippen molar-refractivity contribution in [3.05, 3.63) is 71.8 Å². The lowest BCUT2D eigenvalue weighted by Gasteiger charge is -2.34. The highest BCUT2D eigenvalue weighted by Crippen LogP contribution is 2.29. The highest BCUT2D eigenvalue weighted by atomic mass is 16.2. The van der Waals surface area contributed by atoms with Crippen LogP contribution in [0.5, 0.6) is 0 Å². The summed E-state index contributed by atoms with van der Waals surface area (Å²) in [6.45, 7) is 2.46. The fraction of sp³-hybridized carbons (Fsp3) is 0.409. The smallest absolute Gasteiger partial charge is 0.229 e. The SMILES string of the molecule is O=C(C1CNNC1c1ccccc1)N1CCC(Cc2ccccc2)CC1. The van der Waals surface area contributed by atoms with Crippen LogP contribution in [0.1, 0.15) is 30.0 Å². The molecule has 0 aliphatic carbocycles. The minimum Gasteiger partial charge on any atom is -0.342 e. The average molecular weight is 349 g/mol. The lowest BCUT2D eigenvalue weighted by atomic mass is 9.88. The molecule has 2 N–H and O–H groups in total. The normalized spacial score (nSPS) is 23.9. The Balaban J connectivity index is 1.34. The molecule has 4 heteroatoms. The molecule has 4 nitrogen and oxygen atoms in total. The van der Waals surface area contributed by atoms with Crippen LogP contribution in [0.4, 0.5) is 0 Å². The van der Waals surface area contributed by atoms with Gasteiger partial charge in [-0.3, -0.25) is 10.2 Å². The van der Waals surface area contributed by atoms with E-state index >= 15 is 0 Å². The highest BCUT2D eigenvalue weighted by Gasteiger charge is 2.37. The van der Waals surface area contributed by atoms with Crippen LogP contribution < -0.4 is 10.9 Å². The number of carbonyl (C=O) groups is 1. The molecule has 1 amide bonds. The van der Waals surface area contributed by atoms with Gasteiger partial charge in [0.1, 0.15) is 0 Å². The first kappa shape index (κ1) is 17.3. The van der Waals surface area contributed by atoms with E-state index in [2.05, 4.69) is 58.2 Å². The summed E-state index contributed by atoms with van der Waals surface area (Å²) in [6.07, 6.45) is 3.33. The molecule has 2 aromatic rings. The van der Waals surface area contributed by atoms with E-state index < -0.39 is 0 Å². The Morgan fingerprint density at radius 1 is 0.962 bits per heavy atom. The molecule has 2 saturated heterocycles. The van der Waals surface area contributed by atoms with Crippen LogP contribution in [-0.4, -0.2) is 30.4 Å². The number of rotatable bonds is 4. The number of amides is 1. The van der Waals surface area contributed by atoms with Crippen LogP contribution in [0.3, 0.4) is 0 Å². The molecule has 2 atom stereocenters. The lowest BCUT2D eigenvalue weighted by Crippen LogP contribution is -2.44. The molecule has 136 valence electrons. The maximum Gasteiger partial charge on any atom is 0.229 e. The second kappa shape index (κ2) is 8.02. The van der Waals surface area contributed by atoms with Gasteiger partial charge in [0.05, 0.1) is 12.0 Å². The van der Waals surface area contributed by atoms with E-state index in [1.807, 2.05) is 18.2 Å². The number of carbonyl (C=O) groups excluding carboxylic acids is 1. The van der Waals surface area contributed by atoms with Gasteiger partial charge in [0.2, 0.25) is 5.91 Å². The third kappa shape index (κ3) is 3.81. The standard InChI is InChI=1S/C22H27N3O/c26-22(20-16-23-24-21(20)19-9-5-2-6-10-19)25-13-11-18(12-14-25)15-17-7-3-1-4-8-17/h1-10,18,20-21,23-24H,11-16H2. The van der Waals surface area contributed by atoms with E-state index in [1.54, 1.807) is 0 Å². The molecule has 0 radical (unpaired) electrons. The fourth-order valence-corrected chi connectivity index (χ4v) is 4.24. The van der Waals surface area contributed by atoms with E-state index in [9.17, 15) is 4.79 Å². The Labute approximate surface area is 155 Å². The first-order valence-electron chi connectivity index (χ1n) is 9.67. The summed E-state index contributed by atoms with van der Waals surface area (Å²) in [4.78, 5) is 15.2. The molecule has 2 aliphatic rings. The maximum absolute atomic E-state index is 13.1. The van der Waals surface area contributed by atoms with E-state index in [0.717, 1.165) is 32.4 Å². The summed E-state index contributed by atoms with van der Waals surface area (Å²) in [7, 11) is 0. The summed E-state index contributed by atoms with van der Waals surface area (Å²) in [5.74, 6) is 0.948. The predicted octanol–water partition coefficient (Wildman–Crippen LogP) is 2.93. The van der Waals surface area contributed by atoms with Gasteiger partial charge in [-0.05, 0) is 36.3 Å². The van der Waals surface area contributed by atoms with Gasteiger partial charge >= 0.3 is 0 Å². The van der Waals surface area contributed by atoms with Crippen molar-refractivity contribution >= 4 is 5.91 Å². The Kier molecular flexibility index (Phi) is 5.32. The van der Waals surface area contributed by atoms with Gasteiger partial charge in [0.15, 0.2) is 0 Å². The summed E-state index contributed by atoms with van der Waals surface area (Å²) < 4.78 is 0. The molecule has 26 heavy (non-hydrogen) atoms. The highest BCUT2D eigenvalue weighted by molar-refractivity contribution is 5.80. The van der Waals surface area contributed by atoms with E-state index in [4.69, 9.17) is 0 Å². The number of hydrogen-bond donors (Lipinski definition) is 2. The fourth-order valence-electron chi connectivity index (χ4n) is 4.24. The molecule has 0 saturated carbocycles. The van der Waals surface area contributed by atoms with Crippen LogP contribution in [0.2, 0.25) is 0 Å². The molecule has 4 rings (SSSR count). The second-order valence-electron chi connectivity index (χ2n) is 7.48. The topological polar surface area (TPSA) is 44.4 Å². The number of likely N-dealkylation sites (tertiary alicyclic amines) is 1. The molecular formula is C22H27N3O. The van der Waals surface area contributed by atoms with Gasteiger partial charge in [-0.25, -0.2) is 5.43 Å². The van der Waals surface area contributed by atoms with Gasteiger partial charge in [0, 0.05) is 19.6 Å². The number of nitrogens with zero attached hydrogens (tertiary/aromatic N) is 1. The van der Waals surface area contributed by atoms with Gasteiger partial charge in [-0.2, -0.15) is 0 Å². The van der Waals surface area contributed by atoms with Crippen molar-refractivity contribution < 1.29 is 4.79 Å². The molecule has 2 aromatic carbocycles. The van der Waals surface area contributed by atoms with Crippen molar-refractivity contribution in [1.82, 2.24) is 15.8 Å². The minimum atomic E-state index is -0.0249. The Hall–Kier alpha value is -2.17. The van der Waals surface area contributed by atoms with Gasteiger partial charge in [-0.1, -0.05) is 60.7 Å². The number of benzene rings is 2. The molecule has 0 aromatic heterocycles. The van der Waals surface area contributed by atoms with Crippen LogP contribution in [0, 0.1) is 11.8 Å². The van der Waals surface area contributed by atoms with Crippen molar-refractivity contribution in [2.24, 2.45) is 11.8 Å². The van der Waals surface area contributed by atoms with Crippen LogP contribution in [0.15, 0.2) is 60.7 Å². The van der Waals surface area contributed by atoms with Crippen molar-refractivity contribution in [2.75, 3.05) is 19.6 Å². The predicted molar refractivity (Wildman–Crippen MR) is 103 cm³/mol. The zero-order chi connectivity index (χ0) is 17.8. The zero-order valence-electron chi connectivity index (χ0n) is 15.1. The lowest BCUT2D eigenvalue weighted by molar-refractivity contribution is -0.136. The van der Waals surface area contributed by atoms with Gasteiger partial charge < -0.3 is 4.90 Å². The third-order valence-corrected chi connectivity index (χ3v) is 5.75. The average Bonchev–Trinajstić information content (AvgIpc) is 3.19. The molecular weight excluding hydrogens is 322 g/mol. The molecule has 0 bridgehead atoms. The van der Waals surface area contributed by atoms with Crippen LogP contribution in [0.25, 0.3) is 0 Å². The number of piperidine rings is 1. The second-order valence-corrected chi connectivity index (χ2v) is 7.48. The Morgan fingerprint density at radius 3 is 2.31 bits per heavy atom. The number of nitrogens with one attached hydrogen (secondary N) is 2. The Morgan fingerprint density at radius 2 is 1.62 bits per heavy atom. The summed E-state index contributed by atoms with van der Waals surface area (Å²) in [5.41, 5.74) is 9.06. The molecule has 0 spiro atoms. The van der Waals surface area contributed by atoms with E-state index in [0.29, 0.717) is 12.5 Å². The molecule has 2 unspecified atom stereocenters. The minimum absolute atomic E-state index is 0.0249. The summed E-state index contributed by atoms with van der Waals surface area (Å²) >= 11 is 0. The van der Waals surface area contributed by atoms with E-state index in [-0.39, 0.29) is 17.9 Å². The van der Waals surface area contributed by atoms with E-state index in [1.165, 1.54) is 11.1 Å². The van der Waals surface area contributed by atoms with Crippen LogP contribution >= 0.6 is 0 Å². The van der Waals surface area contributed by atoms with Crippen molar-refractivity contribution in [3.63, 3.8) is 0 Å². The van der Waals surface area contributed by atoms with Crippen molar-refractivity contribution in [2.45, 2.75) is 25.3 Å². The zero-order valence-corrected chi connectivity index (χ0v) is 15.1. The van der Waals surface area contributed by atoms with Gasteiger partial charge in [-0.15, -0.1) is 0 Å². The Bertz CT molecular complexity index is 711. The summed E-state index contributed by atoms with van der Waals surface area (Å²) in [5, 5.41) is 0. The molecule has 2 aliphatic heterocycles.